The Bertz CT molecular complexity index is 178. The molecular weight excluding hydrogens is 235 g/mol. The third kappa shape index (κ3) is 3.21. The van der Waals surface area contributed by atoms with Crippen LogP contribution in [0.2, 0.25) is 0 Å². The van der Waals surface area contributed by atoms with Crippen LogP contribution in [0, 0.1) is 0 Å². The van der Waals surface area contributed by atoms with Gasteiger partial charge in [-0.3, -0.25) is 4.90 Å². The molecule has 0 aromatic carbocycles. The molecular formula is C10H22Cl2N2O. The van der Waals surface area contributed by atoms with E-state index < -0.39 is 0 Å². The van der Waals surface area contributed by atoms with Crippen LogP contribution in [0.15, 0.2) is 0 Å². The molecule has 2 saturated heterocycles. The van der Waals surface area contributed by atoms with E-state index in [1.54, 1.807) is 0 Å². The van der Waals surface area contributed by atoms with Gasteiger partial charge in [-0.2, -0.15) is 0 Å². The van der Waals surface area contributed by atoms with Crippen LogP contribution in [-0.2, 0) is 4.74 Å². The monoisotopic (exact) mass is 256 g/mol. The van der Waals surface area contributed by atoms with Crippen molar-refractivity contribution in [3.05, 3.63) is 0 Å². The molecule has 0 spiro atoms. The maximum atomic E-state index is 6.01. The fraction of sp³-hybridized carbons (Fsp3) is 1.00. The number of hydrogen-bond donors (Lipinski definition) is 1. The molecule has 5 heteroatoms. The molecule has 0 unspecified atom stereocenters. The predicted molar refractivity (Wildman–Crippen MR) is 67.1 cm³/mol. The van der Waals surface area contributed by atoms with Gasteiger partial charge in [0.15, 0.2) is 0 Å². The third-order valence-electron chi connectivity index (χ3n) is 3.21. The molecule has 2 fully saturated rings. The van der Waals surface area contributed by atoms with Crippen LogP contribution in [0.5, 0.6) is 0 Å². The smallest absolute Gasteiger partial charge is 0.0623 e. The van der Waals surface area contributed by atoms with Crippen molar-refractivity contribution in [2.45, 2.75) is 50.9 Å². The van der Waals surface area contributed by atoms with E-state index in [9.17, 15) is 0 Å². The van der Waals surface area contributed by atoms with Crippen LogP contribution in [0.25, 0.3) is 0 Å². The van der Waals surface area contributed by atoms with Crippen molar-refractivity contribution < 1.29 is 4.74 Å². The van der Waals surface area contributed by atoms with Crippen LogP contribution in [0.1, 0.15) is 26.7 Å². The lowest BCUT2D eigenvalue weighted by Crippen LogP contribution is -2.61. The van der Waals surface area contributed by atoms with Crippen LogP contribution in [-0.4, -0.2) is 42.3 Å². The number of morpholine rings is 1. The lowest BCUT2D eigenvalue weighted by atomic mass is 9.89. The lowest BCUT2D eigenvalue weighted by Gasteiger charge is -2.49. The first kappa shape index (κ1) is 15.5. The summed E-state index contributed by atoms with van der Waals surface area (Å²) < 4.78 is 5.57. The maximum absolute atomic E-state index is 6.01. The summed E-state index contributed by atoms with van der Waals surface area (Å²) in [6.07, 6.45) is 2.21. The maximum Gasteiger partial charge on any atom is 0.0623 e. The Kier molecular flexibility index (Phi) is 6.45. The van der Waals surface area contributed by atoms with Crippen molar-refractivity contribution >= 4 is 24.8 Å². The highest BCUT2D eigenvalue weighted by atomic mass is 35.5. The molecule has 2 rings (SSSR count). The van der Waals surface area contributed by atoms with Crippen molar-refractivity contribution in [2.75, 3.05) is 13.2 Å². The molecule has 0 aromatic heterocycles. The number of hydrogen-bond acceptors (Lipinski definition) is 3. The molecule has 3 atom stereocenters. The zero-order valence-electron chi connectivity index (χ0n) is 9.39. The molecule has 0 aliphatic carbocycles. The molecule has 2 N–H and O–H groups in total. The van der Waals surface area contributed by atoms with Crippen LogP contribution >= 0.6 is 24.8 Å². The number of nitrogens with zero attached hydrogens (tertiary/aromatic N) is 1. The van der Waals surface area contributed by atoms with E-state index in [0.717, 1.165) is 26.1 Å². The summed E-state index contributed by atoms with van der Waals surface area (Å²) in [4.78, 5) is 2.59. The van der Waals surface area contributed by atoms with Crippen molar-refractivity contribution in [1.82, 2.24) is 4.90 Å². The molecule has 0 saturated carbocycles. The number of fused-ring (bicyclic) bond motifs is 2. The van der Waals surface area contributed by atoms with Gasteiger partial charge in [-0.05, 0) is 26.7 Å². The average Bonchev–Trinajstić information content (AvgIpc) is 2.01. The average molecular weight is 257 g/mol. The first-order valence-corrected chi connectivity index (χ1v) is 5.29. The highest BCUT2D eigenvalue weighted by Gasteiger charge is 2.38. The molecule has 15 heavy (non-hydrogen) atoms. The molecule has 2 aliphatic rings. The minimum Gasteiger partial charge on any atom is -0.378 e. The van der Waals surface area contributed by atoms with Crippen LogP contribution in [0.3, 0.4) is 0 Å². The Hall–Kier alpha value is 0.460. The van der Waals surface area contributed by atoms with E-state index in [1.165, 1.54) is 0 Å². The second kappa shape index (κ2) is 6.26. The summed E-state index contributed by atoms with van der Waals surface area (Å²) in [5, 5.41) is 0. The number of halogens is 2. The quantitative estimate of drug-likeness (QED) is 0.772. The number of ether oxygens (including phenoxy) is 1. The zero-order valence-corrected chi connectivity index (χ0v) is 11.0. The molecule has 2 aliphatic heterocycles. The van der Waals surface area contributed by atoms with Gasteiger partial charge in [0.25, 0.3) is 0 Å². The van der Waals surface area contributed by atoms with Gasteiger partial charge >= 0.3 is 0 Å². The molecule has 3 nitrogen and oxygen atoms in total. The normalized spacial score (nSPS) is 35.6. The van der Waals surface area contributed by atoms with E-state index >= 15 is 0 Å². The molecule has 92 valence electrons. The van der Waals surface area contributed by atoms with Crippen molar-refractivity contribution in [1.29, 1.82) is 0 Å². The first-order valence-electron chi connectivity index (χ1n) is 5.29. The molecule has 2 bridgehead atoms. The molecule has 2 heterocycles. The Morgan fingerprint density at radius 2 is 1.60 bits per heavy atom. The minimum atomic E-state index is 0. The Balaban J connectivity index is 0.000000980. The molecule has 0 aromatic rings. The van der Waals surface area contributed by atoms with Crippen LogP contribution < -0.4 is 5.73 Å². The SMILES string of the molecule is CC(C)N1[C@@H]2COC[C@H]1C[C@H](N)C2.Cl.Cl. The summed E-state index contributed by atoms with van der Waals surface area (Å²) in [6.45, 7) is 6.29. The van der Waals surface area contributed by atoms with E-state index in [2.05, 4.69) is 18.7 Å². The minimum absolute atomic E-state index is 0. The van der Waals surface area contributed by atoms with Gasteiger partial charge < -0.3 is 10.5 Å². The Morgan fingerprint density at radius 1 is 1.13 bits per heavy atom. The summed E-state index contributed by atoms with van der Waals surface area (Å²) in [5.41, 5.74) is 6.01. The largest absolute Gasteiger partial charge is 0.378 e. The van der Waals surface area contributed by atoms with Gasteiger partial charge in [0.1, 0.15) is 0 Å². The second-order valence-electron chi connectivity index (χ2n) is 4.62. The fourth-order valence-corrected chi connectivity index (χ4v) is 2.83. The second-order valence-corrected chi connectivity index (χ2v) is 4.62. The van der Waals surface area contributed by atoms with Gasteiger partial charge in [0, 0.05) is 24.2 Å². The number of rotatable bonds is 1. The van der Waals surface area contributed by atoms with E-state index in [4.69, 9.17) is 10.5 Å². The van der Waals surface area contributed by atoms with Gasteiger partial charge in [0.2, 0.25) is 0 Å². The van der Waals surface area contributed by atoms with Gasteiger partial charge in [-0.25, -0.2) is 0 Å². The van der Waals surface area contributed by atoms with E-state index in [0.29, 0.717) is 24.2 Å². The highest BCUT2D eigenvalue weighted by Crippen LogP contribution is 2.28. The summed E-state index contributed by atoms with van der Waals surface area (Å²) in [7, 11) is 0. The van der Waals surface area contributed by atoms with Gasteiger partial charge in [-0.1, -0.05) is 0 Å². The van der Waals surface area contributed by atoms with Gasteiger partial charge in [-0.15, -0.1) is 24.8 Å². The zero-order chi connectivity index (χ0) is 9.42. The highest BCUT2D eigenvalue weighted by molar-refractivity contribution is 5.85. The standard InChI is InChI=1S/C10H20N2O.2ClH/c1-7(2)12-9-3-8(11)4-10(12)6-13-5-9;;/h7-10H,3-6,11H2,1-2H3;2*1H/t8-,9+,10-;;. The first-order chi connectivity index (χ1) is 6.18. The topological polar surface area (TPSA) is 38.5 Å². The summed E-state index contributed by atoms with van der Waals surface area (Å²) >= 11 is 0. The Morgan fingerprint density at radius 3 is 2.00 bits per heavy atom. The third-order valence-corrected chi connectivity index (χ3v) is 3.21. The molecule has 0 amide bonds. The fourth-order valence-electron chi connectivity index (χ4n) is 2.83. The van der Waals surface area contributed by atoms with Crippen LogP contribution in [0.4, 0.5) is 0 Å². The predicted octanol–water partition coefficient (Wildman–Crippen LogP) is 1.43. The van der Waals surface area contributed by atoms with E-state index in [-0.39, 0.29) is 24.8 Å². The summed E-state index contributed by atoms with van der Waals surface area (Å²) in [5.74, 6) is 0. The molecule has 0 radical (unpaired) electrons. The van der Waals surface area contributed by atoms with Crippen molar-refractivity contribution in [3.63, 3.8) is 0 Å². The lowest BCUT2D eigenvalue weighted by molar-refractivity contribution is -0.0914. The number of nitrogens with two attached hydrogens (primary N) is 1. The van der Waals surface area contributed by atoms with Crippen molar-refractivity contribution in [3.8, 4) is 0 Å². The summed E-state index contributed by atoms with van der Waals surface area (Å²) in [6, 6.07) is 2.17. The van der Waals surface area contributed by atoms with Gasteiger partial charge in [0.05, 0.1) is 13.2 Å². The Labute approximate surface area is 105 Å². The number of piperidine rings is 1. The van der Waals surface area contributed by atoms with Crippen molar-refractivity contribution in [2.24, 2.45) is 5.73 Å². The van der Waals surface area contributed by atoms with E-state index in [1.807, 2.05) is 0 Å².